The van der Waals surface area contributed by atoms with E-state index in [0.717, 1.165) is 32.4 Å². The van der Waals surface area contributed by atoms with E-state index in [2.05, 4.69) is 11.0 Å². The number of rotatable bonds is 3. The van der Waals surface area contributed by atoms with Gasteiger partial charge in [0.1, 0.15) is 5.41 Å². The molecule has 6 heteroatoms. The molecule has 0 unspecified atom stereocenters. The Labute approximate surface area is 144 Å². The van der Waals surface area contributed by atoms with Crippen molar-refractivity contribution in [2.45, 2.75) is 51.5 Å². The van der Waals surface area contributed by atoms with Crippen molar-refractivity contribution in [2.75, 3.05) is 39.3 Å². The van der Waals surface area contributed by atoms with E-state index in [1.165, 1.54) is 6.42 Å². The lowest BCUT2D eigenvalue weighted by Gasteiger charge is -2.43. The lowest BCUT2D eigenvalue weighted by atomic mass is 9.69. The van der Waals surface area contributed by atoms with Gasteiger partial charge in [-0.15, -0.1) is 0 Å². The van der Waals surface area contributed by atoms with E-state index in [4.69, 9.17) is 0 Å². The smallest absolute Gasteiger partial charge is 0.243 e. The first kappa shape index (κ1) is 17.2. The normalized spacial score (nSPS) is 25.5. The Bertz CT molecular complexity index is 524. The van der Waals surface area contributed by atoms with Crippen LogP contribution in [0.2, 0.25) is 0 Å². The number of nitriles is 1. The van der Waals surface area contributed by atoms with Crippen molar-refractivity contribution in [3.05, 3.63) is 0 Å². The van der Waals surface area contributed by atoms with Gasteiger partial charge in [0.2, 0.25) is 11.8 Å². The predicted molar refractivity (Wildman–Crippen MR) is 89.9 cm³/mol. The number of piperidine rings is 1. The third-order valence-electron chi connectivity index (χ3n) is 6.00. The lowest BCUT2D eigenvalue weighted by molar-refractivity contribution is -0.146. The molecule has 0 radical (unpaired) electrons. The summed E-state index contributed by atoms with van der Waals surface area (Å²) < 4.78 is 0. The first-order chi connectivity index (χ1) is 11.6. The largest absolute Gasteiger partial charge is 0.341 e. The fourth-order valence-corrected chi connectivity index (χ4v) is 4.05. The number of hydrogen-bond acceptors (Lipinski definition) is 4. The number of nitrogens with zero attached hydrogens (tertiary/aromatic N) is 4. The molecule has 1 aliphatic carbocycles. The number of likely N-dealkylation sites (tertiary alicyclic amines) is 1. The van der Waals surface area contributed by atoms with Crippen LogP contribution in [0.15, 0.2) is 0 Å². The van der Waals surface area contributed by atoms with Gasteiger partial charge in [-0.1, -0.05) is 0 Å². The second kappa shape index (κ2) is 7.10. The van der Waals surface area contributed by atoms with Crippen molar-refractivity contribution in [3.8, 4) is 6.07 Å². The van der Waals surface area contributed by atoms with Crippen LogP contribution < -0.4 is 0 Å². The van der Waals surface area contributed by atoms with Gasteiger partial charge in [0, 0.05) is 39.3 Å². The Morgan fingerprint density at radius 3 is 2.04 bits per heavy atom. The third-order valence-corrected chi connectivity index (χ3v) is 6.00. The summed E-state index contributed by atoms with van der Waals surface area (Å²) in [5.74, 6) is 0.230. The van der Waals surface area contributed by atoms with Gasteiger partial charge in [0.05, 0.1) is 12.1 Å². The van der Waals surface area contributed by atoms with E-state index < -0.39 is 5.41 Å². The summed E-state index contributed by atoms with van der Waals surface area (Å²) in [4.78, 5) is 31.2. The van der Waals surface area contributed by atoms with Gasteiger partial charge in [0.25, 0.3) is 0 Å². The van der Waals surface area contributed by atoms with Crippen LogP contribution in [-0.2, 0) is 9.59 Å². The first-order valence-electron chi connectivity index (χ1n) is 9.31. The van der Waals surface area contributed by atoms with Crippen LogP contribution in [-0.4, -0.2) is 71.8 Å². The maximum atomic E-state index is 12.6. The van der Waals surface area contributed by atoms with Crippen LogP contribution in [0.3, 0.4) is 0 Å². The summed E-state index contributed by atoms with van der Waals surface area (Å²) in [7, 11) is 0. The number of amides is 2. The lowest BCUT2D eigenvalue weighted by Crippen LogP contribution is -2.58. The molecule has 6 nitrogen and oxygen atoms in total. The molecule has 0 aromatic rings. The highest BCUT2D eigenvalue weighted by Crippen LogP contribution is 2.42. The summed E-state index contributed by atoms with van der Waals surface area (Å²) >= 11 is 0. The van der Waals surface area contributed by atoms with Crippen molar-refractivity contribution in [3.63, 3.8) is 0 Å². The average molecular weight is 332 g/mol. The monoisotopic (exact) mass is 332 g/mol. The highest BCUT2D eigenvalue weighted by molar-refractivity contribution is 5.86. The van der Waals surface area contributed by atoms with Gasteiger partial charge in [-0.25, -0.2) is 0 Å². The average Bonchev–Trinajstić information content (AvgIpc) is 2.61. The van der Waals surface area contributed by atoms with Crippen molar-refractivity contribution in [1.82, 2.24) is 14.7 Å². The molecule has 1 saturated carbocycles. The quantitative estimate of drug-likeness (QED) is 0.779. The first-order valence-corrected chi connectivity index (χ1v) is 9.31. The SMILES string of the molecule is C[C@@H](C(=O)N1CCCCC1)N1CCN(C(=O)C2(C#N)CCC2)CC1. The Morgan fingerprint density at radius 2 is 1.54 bits per heavy atom. The van der Waals surface area contributed by atoms with Crippen molar-refractivity contribution >= 4 is 11.8 Å². The number of piperazine rings is 1. The number of carbonyl (C=O) groups is 2. The minimum Gasteiger partial charge on any atom is -0.341 e. The van der Waals surface area contributed by atoms with Crippen molar-refractivity contribution < 1.29 is 9.59 Å². The Kier molecular flexibility index (Phi) is 5.09. The second-order valence-electron chi connectivity index (χ2n) is 7.44. The van der Waals surface area contributed by atoms with E-state index in [1.807, 2.05) is 16.7 Å². The fraction of sp³-hybridized carbons (Fsp3) is 0.833. The van der Waals surface area contributed by atoms with Gasteiger partial charge < -0.3 is 9.80 Å². The Morgan fingerprint density at radius 1 is 0.917 bits per heavy atom. The van der Waals surface area contributed by atoms with Crippen molar-refractivity contribution in [2.24, 2.45) is 5.41 Å². The zero-order valence-corrected chi connectivity index (χ0v) is 14.7. The molecule has 132 valence electrons. The summed E-state index contributed by atoms with van der Waals surface area (Å²) in [5.41, 5.74) is -0.753. The summed E-state index contributed by atoms with van der Waals surface area (Å²) in [5, 5.41) is 9.34. The number of carbonyl (C=O) groups excluding carboxylic acids is 2. The van der Waals surface area contributed by atoms with Crippen LogP contribution in [0, 0.1) is 16.7 Å². The van der Waals surface area contributed by atoms with Gasteiger partial charge >= 0.3 is 0 Å². The zero-order valence-electron chi connectivity index (χ0n) is 14.7. The molecule has 0 spiro atoms. The standard InChI is InChI=1S/C18H28N4O2/c1-15(16(23)21-8-3-2-4-9-21)20-10-12-22(13-11-20)17(24)18(14-19)6-5-7-18/h15H,2-13H2,1H3/t15-/m0/s1. The zero-order chi connectivity index (χ0) is 17.2. The summed E-state index contributed by atoms with van der Waals surface area (Å²) in [6, 6.07) is 2.12. The topological polar surface area (TPSA) is 67.7 Å². The molecule has 3 fully saturated rings. The maximum absolute atomic E-state index is 12.6. The van der Waals surface area contributed by atoms with Gasteiger partial charge in [-0.3, -0.25) is 14.5 Å². The predicted octanol–water partition coefficient (Wildman–Crippen LogP) is 1.23. The summed E-state index contributed by atoms with van der Waals surface area (Å²) in [6.45, 7) is 6.43. The van der Waals surface area contributed by atoms with E-state index in [9.17, 15) is 14.9 Å². The van der Waals surface area contributed by atoms with Crippen LogP contribution in [0.5, 0.6) is 0 Å². The fourth-order valence-electron chi connectivity index (χ4n) is 4.05. The molecule has 2 saturated heterocycles. The van der Waals surface area contributed by atoms with E-state index >= 15 is 0 Å². The van der Waals surface area contributed by atoms with Crippen LogP contribution in [0.25, 0.3) is 0 Å². The number of hydrogen-bond donors (Lipinski definition) is 0. The molecule has 24 heavy (non-hydrogen) atoms. The molecular formula is C18H28N4O2. The van der Waals surface area contributed by atoms with E-state index in [0.29, 0.717) is 39.0 Å². The second-order valence-corrected chi connectivity index (χ2v) is 7.44. The Balaban J connectivity index is 1.52. The molecule has 2 aliphatic heterocycles. The van der Waals surface area contributed by atoms with E-state index in [-0.39, 0.29) is 17.9 Å². The molecule has 3 aliphatic rings. The molecule has 0 N–H and O–H groups in total. The van der Waals surface area contributed by atoms with Crippen LogP contribution >= 0.6 is 0 Å². The maximum Gasteiger partial charge on any atom is 0.243 e. The third kappa shape index (κ3) is 3.14. The highest BCUT2D eigenvalue weighted by atomic mass is 16.2. The minimum atomic E-state index is -0.753. The van der Waals surface area contributed by atoms with Gasteiger partial charge in [0.15, 0.2) is 0 Å². The highest BCUT2D eigenvalue weighted by Gasteiger charge is 2.47. The Hall–Kier alpha value is -1.61. The molecule has 2 heterocycles. The molecule has 2 amide bonds. The van der Waals surface area contributed by atoms with Crippen LogP contribution in [0.4, 0.5) is 0 Å². The molecule has 0 aromatic carbocycles. The molecule has 3 rings (SSSR count). The summed E-state index contributed by atoms with van der Waals surface area (Å²) in [6.07, 6.45) is 5.81. The molecular weight excluding hydrogens is 304 g/mol. The van der Waals surface area contributed by atoms with E-state index in [1.54, 1.807) is 0 Å². The van der Waals surface area contributed by atoms with Crippen molar-refractivity contribution in [1.29, 1.82) is 5.26 Å². The minimum absolute atomic E-state index is 0.00547. The van der Waals surface area contributed by atoms with Gasteiger partial charge in [-0.2, -0.15) is 5.26 Å². The molecule has 1 atom stereocenters. The van der Waals surface area contributed by atoms with Crippen LogP contribution in [0.1, 0.15) is 45.4 Å². The van der Waals surface area contributed by atoms with Gasteiger partial charge in [-0.05, 0) is 45.4 Å². The molecule has 0 aromatic heterocycles. The molecule has 0 bridgehead atoms.